The topological polar surface area (TPSA) is 54.7 Å². The van der Waals surface area contributed by atoms with E-state index < -0.39 is 0 Å². The Hall–Kier alpha value is -2.05. The van der Waals surface area contributed by atoms with Crippen LogP contribution in [0.5, 0.6) is 0 Å². The molecule has 7 heteroatoms. The van der Waals surface area contributed by atoms with Crippen LogP contribution in [0.2, 0.25) is 5.02 Å². The molecule has 1 saturated heterocycles. The van der Waals surface area contributed by atoms with E-state index in [1.807, 2.05) is 44.7 Å². The summed E-state index contributed by atoms with van der Waals surface area (Å²) in [5.41, 5.74) is 2.29. The Morgan fingerprint density at radius 3 is 3.00 bits per heavy atom. The lowest BCUT2D eigenvalue weighted by Crippen LogP contribution is -2.48. The van der Waals surface area contributed by atoms with E-state index in [1.54, 1.807) is 4.68 Å². The van der Waals surface area contributed by atoms with Gasteiger partial charge in [0.25, 0.3) is 0 Å². The Morgan fingerprint density at radius 2 is 2.27 bits per heavy atom. The molecule has 140 valence electrons. The molecule has 1 aromatic carbocycles. The first-order chi connectivity index (χ1) is 12.7. The molecule has 1 fully saturated rings. The third-order valence-electron chi connectivity index (χ3n) is 4.54. The van der Waals surface area contributed by atoms with E-state index in [0.717, 1.165) is 49.0 Å². The highest BCUT2D eigenvalue weighted by Gasteiger charge is 2.24. The Bertz CT molecular complexity index is 745. The predicted octanol–water partition coefficient (Wildman–Crippen LogP) is 2.66. The van der Waals surface area contributed by atoms with Crippen molar-refractivity contribution in [3.05, 3.63) is 52.8 Å². The highest BCUT2D eigenvalue weighted by Crippen LogP contribution is 2.21. The first-order valence-corrected chi connectivity index (χ1v) is 9.34. The summed E-state index contributed by atoms with van der Waals surface area (Å²) in [6.45, 7) is 3.14. The highest BCUT2D eigenvalue weighted by atomic mass is 35.5. The van der Waals surface area contributed by atoms with Crippen molar-refractivity contribution < 1.29 is 4.74 Å². The molecule has 1 aliphatic heterocycles. The molecule has 0 saturated carbocycles. The molecule has 6 nitrogen and oxygen atoms in total. The quantitative estimate of drug-likeness (QED) is 0.496. The zero-order valence-corrected chi connectivity index (χ0v) is 16.1. The second-order valence-electron chi connectivity index (χ2n) is 6.42. The summed E-state index contributed by atoms with van der Waals surface area (Å²) in [6.07, 6.45) is 5.85. The number of nitrogens with one attached hydrogen (secondary N) is 1. The summed E-state index contributed by atoms with van der Waals surface area (Å²) < 4.78 is 7.71. The van der Waals surface area contributed by atoms with Gasteiger partial charge in [-0.2, -0.15) is 5.10 Å². The third kappa shape index (κ3) is 4.77. The lowest BCUT2D eigenvalue weighted by atomic mass is 10.1. The Kier molecular flexibility index (Phi) is 6.52. The van der Waals surface area contributed by atoms with Gasteiger partial charge in [-0.25, -0.2) is 0 Å². The van der Waals surface area contributed by atoms with Crippen LogP contribution in [0.1, 0.15) is 23.7 Å². The van der Waals surface area contributed by atoms with Gasteiger partial charge >= 0.3 is 0 Å². The normalized spacial score (nSPS) is 18.2. The number of benzene rings is 1. The molecule has 0 bridgehead atoms. The number of halogens is 1. The number of nitrogens with zero attached hydrogens (tertiary/aromatic N) is 4. The molecule has 0 spiro atoms. The van der Waals surface area contributed by atoms with Crippen LogP contribution in [0.15, 0.2) is 41.7 Å². The van der Waals surface area contributed by atoms with E-state index in [4.69, 9.17) is 16.3 Å². The van der Waals surface area contributed by atoms with Gasteiger partial charge in [0.1, 0.15) is 6.10 Å². The highest BCUT2D eigenvalue weighted by molar-refractivity contribution is 6.31. The van der Waals surface area contributed by atoms with Gasteiger partial charge in [0.15, 0.2) is 5.96 Å². The molecule has 0 amide bonds. The van der Waals surface area contributed by atoms with E-state index in [-0.39, 0.29) is 6.10 Å². The van der Waals surface area contributed by atoms with Crippen molar-refractivity contribution in [3.63, 3.8) is 0 Å². The largest absolute Gasteiger partial charge is 0.370 e. The van der Waals surface area contributed by atoms with Gasteiger partial charge in [-0.1, -0.05) is 29.8 Å². The maximum Gasteiger partial charge on any atom is 0.193 e. The molecule has 1 unspecified atom stereocenters. The summed E-state index contributed by atoms with van der Waals surface area (Å²) in [5.74, 6) is 0.918. The van der Waals surface area contributed by atoms with Gasteiger partial charge in [0.2, 0.25) is 0 Å². The molecule has 1 aliphatic rings. The van der Waals surface area contributed by atoms with E-state index >= 15 is 0 Å². The van der Waals surface area contributed by atoms with Crippen molar-refractivity contribution in [1.29, 1.82) is 0 Å². The number of aliphatic imine (C=N–C) groups is 1. The number of ether oxygens (including phenoxy) is 1. The van der Waals surface area contributed by atoms with Crippen molar-refractivity contribution in [1.82, 2.24) is 20.0 Å². The molecule has 1 atom stereocenters. The number of aromatic nitrogens is 2. The molecule has 2 aromatic rings. The van der Waals surface area contributed by atoms with Crippen LogP contribution in [-0.4, -0.2) is 53.9 Å². The molecular formula is C19H26ClN5O. The minimum atomic E-state index is 0.0270. The van der Waals surface area contributed by atoms with Gasteiger partial charge in [-0.05, 0) is 24.5 Å². The fourth-order valence-electron chi connectivity index (χ4n) is 3.16. The zero-order chi connectivity index (χ0) is 18.4. The maximum absolute atomic E-state index is 6.22. The zero-order valence-electron chi connectivity index (χ0n) is 15.4. The van der Waals surface area contributed by atoms with Crippen LogP contribution < -0.4 is 5.32 Å². The van der Waals surface area contributed by atoms with Gasteiger partial charge in [-0.15, -0.1) is 0 Å². The van der Waals surface area contributed by atoms with Gasteiger partial charge in [-0.3, -0.25) is 9.67 Å². The van der Waals surface area contributed by atoms with Crippen LogP contribution in [0.3, 0.4) is 0 Å². The average molecular weight is 376 g/mol. The fourth-order valence-corrected chi connectivity index (χ4v) is 3.39. The van der Waals surface area contributed by atoms with Crippen molar-refractivity contribution in [2.24, 2.45) is 12.0 Å². The number of morpholine rings is 1. The van der Waals surface area contributed by atoms with Gasteiger partial charge < -0.3 is 15.0 Å². The predicted molar refractivity (Wildman–Crippen MR) is 105 cm³/mol. The molecule has 26 heavy (non-hydrogen) atoms. The molecule has 0 radical (unpaired) electrons. The molecule has 3 rings (SSSR count). The Labute approximate surface area is 159 Å². The Balaban J connectivity index is 1.49. The van der Waals surface area contributed by atoms with Crippen LogP contribution in [-0.2, 0) is 18.2 Å². The minimum Gasteiger partial charge on any atom is -0.370 e. The molecule has 1 N–H and O–H groups in total. The molecule has 2 heterocycles. The van der Waals surface area contributed by atoms with E-state index in [0.29, 0.717) is 6.61 Å². The van der Waals surface area contributed by atoms with Crippen molar-refractivity contribution in [3.8, 4) is 0 Å². The first-order valence-electron chi connectivity index (χ1n) is 8.96. The summed E-state index contributed by atoms with van der Waals surface area (Å²) in [7, 11) is 3.74. The average Bonchev–Trinajstić information content (AvgIpc) is 3.10. The van der Waals surface area contributed by atoms with Crippen LogP contribution in [0.4, 0.5) is 0 Å². The van der Waals surface area contributed by atoms with Crippen molar-refractivity contribution >= 4 is 17.6 Å². The summed E-state index contributed by atoms with van der Waals surface area (Å²) in [6, 6.07) is 8.01. The number of aryl methyl sites for hydroxylation is 2. The molecule has 0 aliphatic carbocycles. The van der Waals surface area contributed by atoms with Crippen LogP contribution >= 0.6 is 11.6 Å². The molecule has 1 aromatic heterocycles. The summed E-state index contributed by atoms with van der Waals surface area (Å²) in [5, 5.41) is 8.54. The summed E-state index contributed by atoms with van der Waals surface area (Å²) >= 11 is 6.22. The first kappa shape index (κ1) is 18.7. The second-order valence-corrected chi connectivity index (χ2v) is 6.83. The van der Waals surface area contributed by atoms with Crippen molar-refractivity contribution in [2.45, 2.75) is 18.9 Å². The lowest BCUT2D eigenvalue weighted by molar-refractivity contribution is -0.00801. The maximum atomic E-state index is 6.22. The van der Waals surface area contributed by atoms with Crippen LogP contribution in [0.25, 0.3) is 0 Å². The third-order valence-corrected chi connectivity index (χ3v) is 4.91. The fraction of sp³-hybridized carbons (Fsp3) is 0.474. The SMILES string of the molecule is CN=C(NCCCc1ccccc1Cl)N1CCOC(c2cnn(C)c2)C1. The van der Waals surface area contributed by atoms with Gasteiger partial charge in [0.05, 0.1) is 19.3 Å². The van der Waals surface area contributed by atoms with Gasteiger partial charge in [0, 0.05) is 44.0 Å². The van der Waals surface area contributed by atoms with Crippen molar-refractivity contribution in [2.75, 3.05) is 33.3 Å². The van der Waals surface area contributed by atoms with E-state index in [9.17, 15) is 0 Å². The minimum absolute atomic E-state index is 0.0270. The monoisotopic (exact) mass is 375 g/mol. The lowest BCUT2D eigenvalue weighted by Gasteiger charge is -2.34. The number of guanidine groups is 1. The smallest absolute Gasteiger partial charge is 0.193 e. The standard InChI is InChI=1S/C19H26ClN5O/c1-21-19(22-9-5-7-15-6-3-4-8-17(15)20)25-10-11-26-18(14-25)16-12-23-24(2)13-16/h3-4,6,8,12-13,18H,5,7,9-11,14H2,1-2H3,(H,21,22). The molecular weight excluding hydrogens is 350 g/mol. The second kappa shape index (κ2) is 9.05. The number of rotatable bonds is 5. The number of hydrogen-bond acceptors (Lipinski definition) is 3. The number of hydrogen-bond donors (Lipinski definition) is 1. The Morgan fingerprint density at radius 1 is 1.42 bits per heavy atom. The summed E-state index contributed by atoms with van der Waals surface area (Å²) in [4.78, 5) is 6.68. The van der Waals surface area contributed by atoms with E-state index in [1.165, 1.54) is 5.56 Å². The van der Waals surface area contributed by atoms with E-state index in [2.05, 4.69) is 26.4 Å². The van der Waals surface area contributed by atoms with Crippen LogP contribution in [0, 0.1) is 0 Å².